The Bertz CT molecular complexity index is 485. The number of benzene rings is 1. The fourth-order valence-corrected chi connectivity index (χ4v) is 3.16. The first-order valence-electron chi connectivity index (χ1n) is 7.45. The molecule has 1 aliphatic heterocycles. The van der Waals surface area contributed by atoms with Gasteiger partial charge in [-0.05, 0) is 47.1 Å². The molecule has 0 spiro atoms. The Kier molecular flexibility index (Phi) is 6.21. The maximum absolute atomic E-state index is 12.4. The number of halogens is 1. The smallest absolute Gasteiger partial charge is 0.176 e. The summed E-state index contributed by atoms with van der Waals surface area (Å²) in [6.45, 7) is 7.94. The quantitative estimate of drug-likeness (QED) is 0.735. The molecule has 0 aliphatic carbocycles. The average molecular weight is 355 g/mol. The molecule has 1 fully saturated rings. The summed E-state index contributed by atoms with van der Waals surface area (Å²) in [6, 6.07) is 5.50. The topological polar surface area (TPSA) is 32.8 Å². The number of nitrogens with zero attached hydrogens (tertiary/aromatic N) is 2. The van der Waals surface area contributed by atoms with Gasteiger partial charge in [0.1, 0.15) is 5.75 Å². The van der Waals surface area contributed by atoms with Crippen molar-refractivity contribution in [2.24, 2.45) is 0 Å². The van der Waals surface area contributed by atoms with Gasteiger partial charge in [0.25, 0.3) is 0 Å². The Hall–Kier alpha value is -0.910. The Labute approximate surface area is 135 Å². The van der Waals surface area contributed by atoms with Gasteiger partial charge in [-0.1, -0.05) is 6.92 Å². The number of piperazine rings is 1. The van der Waals surface area contributed by atoms with Crippen LogP contribution in [0.5, 0.6) is 5.75 Å². The molecule has 0 amide bonds. The van der Waals surface area contributed by atoms with Gasteiger partial charge < -0.3 is 9.64 Å². The highest BCUT2D eigenvalue weighted by molar-refractivity contribution is 9.10. The zero-order valence-electron chi connectivity index (χ0n) is 12.8. The maximum Gasteiger partial charge on any atom is 0.176 e. The molecule has 1 saturated heterocycles. The first-order chi connectivity index (χ1) is 10.1. The number of carbonyl (C=O) groups is 1. The fraction of sp³-hybridized carbons (Fsp3) is 0.562. The molecule has 1 aromatic rings. The lowest BCUT2D eigenvalue weighted by Crippen LogP contribution is -2.47. The largest absolute Gasteiger partial charge is 0.496 e. The van der Waals surface area contributed by atoms with Gasteiger partial charge in [0, 0.05) is 31.7 Å². The molecule has 1 aliphatic rings. The number of rotatable bonds is 6. The van der Waals surface area contributed by atoms with E-state index < -0.39 is 0 Å². The van der Waals surface area contributed by atoms with Gasteiger partial charge in [-0.2, -0.15) is 0 Å². The van der Waals surface area contributed by atoms with Crippen LogP contribution in [-0.4, -0.2) is 62.0 Å². The summed E-state index contributed by atoms with van der Waals surface area (Å²) in [7, 11) is 1.62. The highest BCUT2D eigenvalue weighted by Crippen LogP contribution is 2.25. The molecule has 0 atom stereocenters. The van der Waals surface area contributed by atoms with Gasteiger partial charge in [-0.25, -0.2) is 0 Å². The van der Waals surface area contributed by atoms with Crippen LogP contribution in [0.1, 0.15) is 23.7 Å². The zero-order chi connectivity index (χ0) is 15.2. The van der Waals surface area contributed by atoms with Crippen LogP contribution in [-0.2, 0) is 0 Å². The van der Waals surface area contributed by atoms with Gasteiger partial charge in [0.2, 0.25) is 0 Å². The molecule has 116 valence electrons. The van der Waals surface area contributed by atoms with E-state index in [2.05, 4.69) is 32.7 Å². The predicted octanol–water partition coefficient (Wildman–Crippen LogP) is 2.67. The Morgan fingerprint density at radius 2 is 1.90 bits per heavy atom. The minimum absolute atomic E-state index is 0.169. The summed E-state index contributed by atoms with van der Waals surface area (Å²) < 4.78 is 6.01. The number of hydrogen-bond acceptors (Lipinski definition) is 4. The molecule has 4 nitrogen and oxygen atoms in total. The highest BCUT2D eigenvalue weighted by Gasteiger charge is 2.19. The van der Waals surface area contributed by atoms with E-state index in [9.17, 15) is 4.79 Å². The number of hydrogen-bond donors (Lipinski definition) is 0. The summed E-state index contributed by atoms with van der Waals surface area (Å²) in [4.78, 5) is 17.1. The van der Waals surface area contributed by atoms with Crippen molar-refractivity contribution < 1.29 is 9.53 Å². The highest BCUT2D eigenvalue weighted by atomic mass is 79.9. The summed E-state index contributed by atoms with van der Waals surface area (Å²) in [5.41, 5.74) is 0.735. The third-order valence-electron chi connectivity index (χ3n) is 3.85. The number of carbonyl (C=O) groups excluding carboxylic acids is 1. The van der Waals surface area contributed by atoms with Crippen molar-refractivity contribution >= 4 is 21.7 Å². The van der Waals surface area contributed by atoms with Gasteiger partial charge >= 0.3 is 0 Å². The number of Topliss-reactive ketones (excluding diaryl/α,β-unsaturated/α-hetero) is 1. The summed E-state index contributed by atoms with van der Waals surface area (Å²) in [6.07, 6.45) is 1.19. The standard InChI is InChI=1S/C16H23BrN2O2/c1-3-6-18-7-9-19(10-8-18)12-15(20)13-4-5-16(21-2)14(17)11-13/h4-5,11H,3,6-10,12H2,1-2H3. The summed E-state index contributed by atoms with van der Waals surface area (Å²) in [5, 5.41) is 0. The van der Waals surface area contributed by atoms with Crippen molar-refractivity contribution in [3.8, 4) is 5.75 Å². The second kappa shape index (κ2) is 7.92. The van der Waals surface area contributed by atoms with E-state index in [1.807, 2.05) is 18.2 Å². The summed E-state index contributed by atoms with van der Waals surface area (Å²) >= 11 is 3.43. The minimum atomic E-state index is 0.169. The molecule has 0 saturated carbocycles. The van der Waals surface area contributed by atoms with E-state index >= 15 is 0 Å². The molecule has 1 heterocycles. The number of ketones is 1. The lowest BCUT2D eigenvalue weighted by molar-refractivity contribution is 0.0853. The van der Waals surface area contributed by atoms with Crippen molar-refractivity contribution in [1.82, 2.24) is 9.80 Å². The average Bonchev–Trinajstić information content (AvgIpc) is 2.49. The zero-order valence-corrected chi connectivity index (χ0v) is 14.4. The third-order valence-corrected chi connectivity index (χ3v) is 4.47. The predicted molar refractivity (Wildman–Crippen MR) is 88.2 cm³/mol. The number of ether oxygens (including phenoxy) is 1. The SMILES string of the molecule is CCCN1CCN(CC(=O)c2ccc(OC)c(Br)c2)CC1. The molecule has 5 heteroatoms. The van der Waals surface area contributed by atoms with Crippen molar-refractivity contribution in [1.29, 1.82) is 0 Å². The van der Waals surface area contributed by atoms with Crippen LogP contribution >= 0.6 is 15.9 Å². The molecule has 1 aromatic carbocycles. The van der Waals surface area contributed by atoms with Gasteiger partial charge in [0.05, 0.1) is 18.1 Å². The van der Waals surface area contributed by atoms with E-state index in [4.69, 9.17) is 4.74 Å². The van der Waals surface area contributed by atoms with Crippen LogP contribution in [0.4, 0.5) is 0 Å². The van der Waals surface area contributed by atoms with Crippen molar-refractivity contribution in [2.45, 2.75) is 13.3 Å². The van der Waals surface area contributed by atoms with Crippen LogP contribution in [0, 0.1) is 0 Å². The van der Waals surface area contributed by atoms with Crippen molar-refractivity contribution in [2.75, 3.05) is 46.4 Å². The molecule has 0 N–H and O–H groups in total. The summed E-state index contributed by atoms with van der Waals surface area (Å²) in [5.74, 6) is 0.919. The lowest BCUT2D eigenvalue weighted by Gasteiger charge is -2.34. The lowest BCUT2D eigenvalue weighted by atomic mass is 10.1. The second-order valence-corrected chi connectivity index (χ2v) is 6.24. The molecule has 2 rings (SSSR count). The van der Waals surface area contributed by atoms with Gasteiger partial charge in [0.15, 0.2) is 5.78 Å². The van der Waals surface area contributed by atoms with Crippen LogP contribution < -0.4 is 4.74 Å². The Morgan fingerprint density at radius 3 is 2.48 bits per heavy atom. The van der Waals surface area contributed by atoms with Crippen LogP contribution in [0.3, 0.4) is 0 Å². The van der Waals surface area contributed by atoms with E-state index in [-0.39, 0.29) is 5.78 Å². The van der Waals surface area contributed by atoms with Crippen LogP contribution in [0.2, 0.25) is 0 Å². The molecular formula is C16H23BrN2O2. The van der Waals surface area contributed by atoms with Crippen LogP contribution in [0.25, 0.3) is 0 Å². The molecule has 0 radical (unpaired) electrons. The monoisotopic (exact) mass is 354 g/mol. The van der Waals surface area contributed by atoms with E-state index in [1.54, 1.807) is 7.11 Å². The minimum Gasteiger partial charge on any atom is -0.496 e. The van der Waals surface area contributed by atoms with E-state index in [1.165, 1.54) is 6.42 Å². The fourth-order valence-electron chi connectivity index (χ4n) is 2.62. The molecular weight excluding hydrogens is 332 g/mol. The van der Waals surface area contributed by atoms with E-state index in [0.717, 1.165) is 48.5 Å². The van der Waals surface area contributed by atoms with Gasteiger partial charge in [-0.15, -0.1) is 0 Å². The van der Waals surface area contributed by atoms with Crippen molar-refractivity contribution in [3.05, 3.63) is 28.2 Å². The maximum atomic E-state index is 12.4. The molecule has 0 aromatic heterocycles. The first kappa shape index (κ1) is 16.5. The number of methoxy groups -OCH3 is 1. The molecule has 0 unspecified atom stereocenters. The molecule has 0 bridgehead atoms. The Balaban J connectivity index is 1.89. The van der Waals surface area contributed by atoms with Crippen LogP contribution in [0.15, 0.2) is 22.7 Å². The second-order valence-electron chi connectivity index (χ2n) is 5.39. The molecule has 21 heavy (non-hydrogen) atoms. The first-order valence-corrected chi connectivity index (χ1v) is 8.24. The third kappa shape index (κ3) is 4.53. The normalized spacial score (nSPS) is 16.9. The Morgan fingerprint density at radius 1 is 1.24 bits per heavy atom. The van der Waals surface area contributed by atoms with Gasteiger partial charge in [-0.3, -0.25) is 9.69 Å². The van der Waals surface area contributed by atoms with Crippen molar-refractivity contribution in [3.63, 3.8) is 0 Å². The van der Waals surface area contributed by atoms with E-state index in [0.29, 0.717) is 6.54 Å².